The second-order valence-corrected chi connectivity index (χ2v) is 5.98. The summed E-state index contributed by atoms with van der Waals surface area (Å²) in [5.41, 5.74) is 1.97. The van der Waals surface area contributed by atoms with Crippen LogP contribution in [0.15, 0.2) is 53.4 Å². The van der Waals surface area contributed by atoms with Gasteiger partial charge in [-0.3, -0.25) is 4.79 Å². The summed E-state index contributed by atoms with van der Waals surface area (Å²) in [5.74, 6) is 1.92. The molecule has 3 rings (SSSR count). The number of anilines is 1. The van der Waals surface area contributed by atoms with Crippen LogP contribution in [-0.2, 0) is 0 Å². The fourth-order valence-corrected chi connectivity index (χ4v) is 3.43. The van der Waals surface area contributed by atoms with E-state index >= 15 is 0 Å². The Hall–Kier alpha value is -1.94. The first-order chi connectivity index (χ1) is 10.4. The summed E-state index contributed by atoms with van der Waals surface area (Å²) in [6.45, 7) is 2.56. The number of thioether (sulfide) groups is 1. The molecule has 0 N–H and O–H groups in total. The Morgan fingerprint density at radius 1 is 1.14 bits per heavy atom. The van der Waals surface area contributed by atoms with Gasteiger partial charge in [0.15, 0.2) is 0 Å². The van der Waals surface area contributed by atoms with Crippen LogP contribution in [0.3, 0.4) is 0 Å². The molecule has 0 atom stereocenters. The lowest BCUT2D eigenvalue weighted by molar-refractivity contribution is 0.112. The third kappa shape index (κ3) is 3.39. The molecule has 108 valence electrons. The lowest BCUT2D eigenvalue weighted by atomic mass is 10.2. The van der Waals surface area contributed by atoms with Crippen LogP contribution >= 0.6 is 11.8 Å². The van der Waals surface area contributed by atoms with E-state index in [0.717, 1.165) is 30.9 Å². The fraction of sp³-hybridized carbons (Fsp3) is 0.235. The van der Waals surface area contributed by atoms with Crippen molar-refractivity contribution in [2.75, 3.05) is 30.3 Å². The molecule has 2 aromatic rings. The molecule has 3 nitrogen and oxygen atoms in total. The van der Waals surface area contributed by atoms with Crippen molar-refractivity contribution in [3.05, 3.63) is 54.1 Å². The number of fused-ring (bicyclic) bond motifs is 1. The lowest BCUT2D eigenvalue weighted by Crippen LogP contribution is -2.33. The topological polar surface area (TPSA) is 29.5 Å². The fourth-order valence-electron chi connectivity index (χ4n) is 2.38. The maximum absolute atomic E-state index is 10.6. The van der Waals surface area contributed by atoms with Gasteiger partial charge in [-0.15, -0.1) is 11.8 Å². The molecule has 1 heterocycles. The largest absolute Gasteiger partial charge is 0.492 e. The first kappa shape index (κ1) is 14.0. The average molecular weight is 299 g/mol. The molecule has 0 aliphatic carbocycles. The van der Waals surface area contributed by atoms with E-state index in [1.165, 1.54) is 10.6 Å². The monoisotopic (exact) mass is 299 g/mol. The number of ether oxygens (including phenoxy) is 1. The molecule has 0 aromatic heterocycles. The van der Waals surface area contributed by atoms with Crippen molar-refractivity contribution >= 4 is 23.7 Å². The summed E-state index contributed by atoms with van der Waals surface area (Å²) in [5, 5.41) is 0. The molecule has 0 radical (unpaired) electrons. The van der Waals surface area contributed by atoms with Crippen LogP contribution in [0.25, 0.3) is 0 Å². The van der Waals surface area contributed by atoms with E-state index in [1.54, 1.807) is 12.1 Å². The van der Waals surface area contributed by atoms with Crippen LogP contribution in [0.1, 0.15) is 10.4 Å². The number of benzene rings is 2. The zero-order valence-electron chi connectivity index (χ0n) is 11.7. The Bertz CT molecular complexity index is 612. The second kappa shape index (κ2) is 6.68. The molecule has 0 saturated carbocycles. The van der Waals surface area contributed by atoms with Crippen LogP contribution in [-0.4, -0.2) is 31.7 Å². The molecule has 0 amide bonds. The van der Waals surface area contributed by atoms with E-state index in [9.17, 15) is 4.79 Å². The highest BCUT2D eigenvalue weighted by molar-refractivity contribution is 7.99. The highest BCUT2D eigenvalue weighted by Crippen LogP contribution is 2.33. The maximum atomic E-state index is 10.6. The maximum Gasteiger partial charge on any atom is 0.150 e. The molecule has 21 heavy (non-hydrogen) atoms. The van der Waals surface area contributed by atoms with Crippen molar-refractivity contribution in [1.82, 2.24) is 0 Å². The van der Waals surface area contributed by atoms with Gasteiger partial charge < -0.3 is 9.64 Å². The van der Waals surface area contributed by atoms with Crippen LogP contribution < -0.4 is 9.64 Å². The molecule has 0 saturated heterocycles. The Balaban J connectivity index is 1.57. The van der Waals surface area contributed by atoms with Gasteiger partial charge in [-0.05, 0) is 36.4 Å². The van der Waals surface area contributed by atoms with Crippen molar-refractivity contribution < 1.29 is 9.53 Å². The molecule has 1 aliphatic heterocycles. The van der Waals surface area contributed by atoms with Gasteiger partial charge in [0.2, 0.25) is 0 Å². The van der Waals surface area contributed by atoms with Gasteiger partial charge in [0.1, 0.15) is 18.6 Å². The number of carbonyl (C=O) groups is 1. The molecule has 0 bridgehead atoms. The van der Waals surface area contributed by atoms with E-state index in [-0.39, 0.29) is 0 Å². The molecule has 2 aromatic carbocycles. The third-order valence-electron chi connectivity index (χ3n) is 3.47. The summed E-state index contributed by atoms with van der Waals surface area (Å²) in [7, 11) is 0. The smallest absolute Gasteiger partial charge is 0.150 e. The molecule has 0 unspecified atom stereocenters. The Kier molecular flexibility index (Phi) is 4.46. The van der Waals surface area contributed by atoms with E-state index in [0.29, 0.717) is 12.2 Å². The van der Waals surface area contributed by atoms with E-state index < -0.39 is 0 Å². The van der Waals surface area contributed by atoms with Gasteiger partial charge in [0, 0.05) is 22.8 Å². The Labute approximate surface area is 128 Å². The minimum atomic E-state index is 0.638. The SMILES string of the molecule is O=Cc1ccc(OCCN2CCSc3ccccc32)cc1. The zero-order valence-corrected chi connectivity index (χ0v) is 12.5. The van der Waals surface area contributed by atoms with Gasteiger partial charge in [-0.1, -0.05) is 12.1 Å². The standard InChI is InChI=1S/C17H17NO2S/c19-13-14-5-7-15(8-6-14)20-11-9-18-10-12-21-17-4-2-1-3-16(17)18/h1-8,13H,9-12H2. The van der Waals surface area contributed by atoms with Gasteiger partial charge in [-0.2, -0.15) is 0 Å². The molecule has 0 spiro atoms. The summed E-state index contributed by atoms with van der Waals surface area (Å²) < 4.78 is 5.76. The third-order valence-corrected chi connectivity index (χ3v) is 4.51. The number of hydrogen-bond acceptors (Lipinski definition) is 4. The van der Waals surface area contributed by atoms with Gasteiger partial charge in [0.25, 0.3) is 0 Å². The number of aldehydes is 1. The van der Waals surface area contributed by atoms with Crippen molar-refractivity contribution in [3.63, 3.8) is 0 Å². The average Bonchev–Trinajstić information content (AvgIpc) is 2.56. The first-order valence-corrected chi connectivity index (χ1v) is 8.00. The molecular formula is C17H17NO2S. The quantitative estimate of drug-likeness (QED) is 0.790. The molecular weight excluding hydrogens is 282 g/mol. The van der Waals surface area contributed by atoms with Crippen LogP contribution in [0.4, 0.5) is 5.69 Å². The van der Waals surface area contributed by atoms with Crippen molar-refractivity contribution in [1.29, 1.82) is 0 Å². The normalized spacial score (nSPS) is 13.6. The van der Waals surface area contributed by atoms with Crippen LogP contribution in [0, 0.1) is 0 Å². The Morgan fingerprint density at radius 2 is 1.95 bits per heavy atom. The highest BCUT2D eigenvalue weighted by atomic mass is 32.2. The van der Waals surface area contributed by atoms with Gasteiger partial charge >= 0.3 is 0 Å². The predicted octanol–water partition coefficient (Wildman–Crippen LogP) is 3.49. The van der Waals surface area contributed by atoms with Crippen LogP contribution in [0.5, 0.6) is 5.75 Å². The minimum Gasteiger partial charge on any atom is -0.492 e. The predicted molar refractivity (Wildman–Crippen MR) is 86.7 cm³/mol. The van der Waals surface area contributed by atoms with E-state index in [2.05, 4.69) is 29.2 Å². The summed E-state index contributed by atoms with van der Waals surface area (Å²) >= 11 is 1.91. The summed E-state index contributed by atoms with van der Waals surface area (Å²) in [6, 6.07) is 15.7. The summed E-state index contributed by atoms with van der Waals surface area (Å²) in [4.78, 5) is 14.3. The van der Waals surface area contributed by atoms with Crippen molar-refractivity contribution in [2.45, 2.75) is 4.90 Å². The number of hydrogen-bond donors (Lipinski definition) is 0. The number of para-hydroxylation sites is 1. The molecule has 0 fully saturated rings. The first-order valence-electron chi connectivity index (χ1n) is 7.01. The van der Waals surface area contributed by atoms with Gasteiger partial charge in [0.05, 0.1) is 12.2 Å². The Morgan fingerprint density at radius 3 is 2.76 bits per heavy atom. The second-order valence-electron chi connectivity index (χ2n) is 4.84. The van der Waals surface area contributed by atoms with E-state index in [1.807, 2.05) is 23.9 Å². The minimum absolute atomic E-state index is 0.638. The van der Waals surface area contributed by atoms with Crippen LogP contribution in [0.2, 0.25) is 0 Å². The number of carbonyl (C=O) groups excluding carboxylic acids is 1. The van der Waals surface area contributed by atoms with Crippen molar-refractivity contribution in [3.8, 4) is 5.75 Å². The zero-order chi connectivity index (χ0) is 14.5. The van der Waals surface area contributed by atoms with Crippen molar-refractivity contribution in [2.24, 2.45) is 0 Å². The van der Waals surface area contributed by atoms with Gasteiger partial charge in [-0.25, -0.2) is 0 Å². The molecule has 4 heteroatoms. The number of rotatable bonds is 5. The number of nitrogens with zero attached hydrogens (tertiary/aromatic N) is 1. The summed E-state index contributed by atoms with van der Waals surface area (Å²) in [6.07, 6.45) is 0.839. The lowest BCUT2D eigenvalue weighted by Gasteiger charge is -2.30. The molecule has 1 aliphatic rings. The van der Waals surface area contributed by atoms with E-state index in [4.69, 9.17) is 4.74 Å². The highest BCUT2D eigenvalue weighted by Gasteiger charge is 2.16.